The van der Waals surface area contributed by atoms with Gasteiger partial charge in [0.25, 0.3) is 0 Å². The minimum Gasteiger partial charge on any atom is -0.481 e. The van der Waals surface area contributed by atoms with Crippen LogP contribution in [0.1, 0.15) is 19.3 Å². The fraction of sp³-hybridized carbons (Fsp3) is 0.353. The summed E-state index contributed by atoms with van der Waals surface area (Å²) in [6.07, 6.45) is 1.81. The van der Waals surface area contributed by atoms with Gasteiger partial charge in [-0.1, -0.05) is 30.3 Å². The van der Waals surface area contributed by atoms with Crippen molar-refractivity contribution in [2.75, 3.05) is 0 Å². The van der Waals surface area contributed by atoms with Gasteiger partial charge >= 0.3 is 5.97 Å². The van der Waals surface area contributed by atoms with Gasteiger partial charge in [-0.15, -0.1) is 0 Å². The van der Waals surface area contributed by atoms with E-state index in [1.807, 2.05) is 24.3 Å². The van der Waals surface area contributed by atoms with E-state index >= 15 is 0 Å². The first-order valence-corrected chi connectivity index (χ1v) is 9.17. The van der Waals surface area contributed by atoms with Gasteiger partial charge in [-0.2, -0.15) is 4.31 Å². The molecule has 2 aromatic rings. The molecule has 0 spiro atoms. The lowest BCUT2D eigenvalue weighted by atomic mass is 9.89. The minimum absolute atomic E-state index is 0.183. The van der Waals surface area contributed by atoms with Gasteiger partial charge < -0.3 is 5.11 Å². The molecule has 0 amide bonds. The highest BCUT2D eigenvalue weighted by molar-refractivity contribution is 7.89. The average Bonchev–Trinajstić information content (AvgIpc) is 3.13. The van der Waals surface area contributed by atoms with Gasteiger partial charge in [-0.25, -0.2) is 8.42 Å². The van der Waals surface area contributed by atoms with Gasteiger partial charge in [-0.05, 0) is 42.2 Å². The molecular formula is C17H17NO4S. The van der Waals surface area contributed by atoms with Gasteiger partial charge in [0.2, 0.25) is 10.0 Å². The van der Waals surface area contributed by atoms with Gasteiger partial charge in [0, 0.05) is 12.1 Å². The van der Waals surface area contributed by atoms with Crippen LogP contribution in [0.2, 0.25) is 0 Å². The van der Waals surface area contributed by atoms with E-state index in [0.29, 0.717) is 12.8 Å². The van der Waals surface area contributed by atoms with E-state index in [0.717, 1.165) is 17.2 Å². The number of hydrogen-bond donors (Lipinski definition) is 1. The molecular weight excluding hydrogens is 314 g/mol. The minimum atomic E-state index is -3.66. The summed E-state index contributed by atoms with van der Waals surface area (Å²) in [5.74, 6) is -1.47. The zero-order valence-corrected chi connectivity index (χ0v) is 13.2. The number of aliphatic carboxylic acids is 1. The molecule has 2 bridgehead atoms. The van der Waals surface area contributed by atoms with Crippen LogP contribution in [0.3, 0.4) is 0 Å². The van der Waals surface area contributed by atoms with Crippen LogP contribution in [0.4, 0.5) is 0 Å². The maximum Gasteiger partial charge on any atom is 0.308 e. The Morgan fingerprint density at radius 1 is 1.09 bits per heavy atom. The van der Waals surface area contributed by atoms with Gasteiger partial charge in [-0.3, -0.25) is 4.79 Å². The van der Waals surface area contributed by atoms with Crippen LogP contribution < -0.4 is 0 Å². The van der Waals surface area contributed by atoms with E-state index in [1.54, 1.807) is 18.2 Å². The van der Waals surface area contributed by atoms with Crippen molar-refractivity contribution < 1.29 is 18.3 Å². The van der Waals surface area contributed by atoms with Crippen LogP contribution >= 0.6 is 0 Å². The molecule has 2 aliphatic heterocycles. The number of sulfonamides is 1. The Labute approximate surface area is 134 Å². The van der Waals surface area contributed by atoms with Crippen LogP contribution in [-0.2, 0) is 14.8 Å². The smallest absolute Gasteiger partial charge is 0.308 e. The molecule has 4 rings (SSSR count). The highest BCUT2D eigenvalue weighted by Crippen LogP contribution is 2.45. The largest absolute Gasteiger partial charge is 0.481 e. The summed E-state index contributed by atoms with van der Waals surface area (Å²) in [5, 5.41) is 11.2. The first-order valence-electron chi connectivity index (χ1n) is 7.73. The summed E-state index contributed by atoms with van der Waals surface area (Å²) in [4.78, 5) is 11.6. The number of benzene rings is 2. The molecule has 2 saturated heterocycles. The van der Waals surface area contributed by atoms with E-state index in [-0.39, 0.29) is 10.9 Å². The molecule has 2 aromatic carbocycles. The second-order valence-electron chi connectivity index (χ2n) is 6.32. The lowest BCUT2D eigenvalue weighted by Crippen LogP contribution is -2.37. The van der Waals surface area contributed by atoms with Crippen molar-refractivity contribution in [1.29, 1.82) is 0 Å². The molecule has 120 valence electrons. The molecule has 6 heteroatoms. The summed E-state index contributed by atoms with van der Waals surface area (Å²) in [6.45, 7) is 0. The number of rotatable bonds is 3. The Bertz CT molecular complexity index is 892. The predicted molar refractivity (Wildman–Crippen MR) is 85.5 cm³/mol. The Morgan fingerprint density at radius 2 is 1.83 bits per heavy atom. The summed E-state index contributed by atoms with van der Waals surface area (Å²) < 4.78 is 27.5. The topological polar surface area (TPSA) is 74.7 Å². The third-order valence-corrected chi connectivity index (χ3v) is 7.06. The van der Waals surface area contributed by atoms with Gasteiger partial charge in [0.05, 0.1) is 10.8 Å². The fourth-order valence-electron chi connectivity index (χ4n) is 4.03. The molecule has 2 aliphatic rings. The first-order chi connectivity index (χ1) is 11.0. The number of carboxylic acid groups (broad SMARTS) is 1. The lowest BCUT2D eigenvalue weighted by molar-refractivity contribution is -0.142. The van der Waals surface area contributed by atoms with Crippen LogP contribution in [0.25, 0.3) is 10.8 Å². The van der Waals surface area contributed by atoms with Crippen molar-refractivity contribution in [1.82, 2.24) is 4.31 Å². The van der Waals surface area contributed by atoms with Gasteiger partial charge in [0.1, 0.15) is 0 Å². The lowest BCUT2D eigenvalue weighted by Gasteiger charge is -2.22. The van der Waals surface area contributed by atoms with E-state index in [2.05, 4.69) is 0 Å². The number of nitrogens with zero attached hydrogens (tertiary/aromatic N) is 1. The van der Waals surface area contributed by atoms with Crippen LogP contribution in [0.5, 0.6) is 0 Å². The number of carbonyl (C=O) groups is 1. The number of fused-ring (bicyclic) bond motifs is 3. The van der Waals surface area contributed by atoms with Gasteiger partial charge in [0.15, 0.2) is 0 Å². The molecule has 3 atom stereocenters. The Hall–Kier alpha value is -1.92. The van der Waals surface area contributed by atoms with Crippen LogP contribution in [-0.4, -0.2) is 35.9 Å². The quantitative estimate of drug-likeness (QED) is 0.937. The highest BCUT2D eigenvalue weighted by atomic mass is 32.2. The van der Waals surface area contributed by atoms with Crippen molar-refractivity contribution in [2.24, 2.45) is 5.92 Å². The Kier molecular flexibility index (Phi) is 3.21. The third kappa shape index (κ3) is 2.16. The van der Waals surface area contributed by atoms with Crippen molar-refractivity contribution in [3.05, 3.63) is 42.5 Å². The highest BCUT2D eigenvalue weighted by Gasteiger charge is 2.54. The molecule has 23 heavy (non-hydrogen) atoms. The van der Waals surface area contributed by atoms with E-state index in [9.17, 15) is 18.3 Å². The molecule has 3 unspecified atom stereocenters. The van der Waals surface area contributed by atoms with E-state index in [1.165, 1.54) is 4.31 Å². The molecule has 2 heterocycles. The average molecular weight is 331 g/mol. The summed E-state index contributed by atoms with van der Waals surface area (Å²) >= 11 is 0. The second kappa shape index (κ2) is 5.04. The fourth-order valence-corrected chi connectivity index (χ4v) is 5.98. The Morgan fingerprint density at radius 3 is 2.52 bits per heavy atom. The molecule has 5 nitrogen and oxygen atoms in total. The maximum atomic E-state index is 13.0. The van der Waals surface area contributed by atoms with Crippen molar-refractivity contribution in [3.63, 3.8) is 0 Å². The molecule has 0 aliphatic carbocycles. The molecule has 0 saturated carbocycles. The second-order valence-corrected chi connectivity index (χ2v) is 8.17. The SMILES string of the molecule is O=C(O)C1CC2CCC1N2S(=O)(=O)c1ccc2ccccc2c1. The van der Waals surface area contributed by atoms with Crippen molar-refractivity contribution in [3.8, 4) is 0 Å². The Balaban J connectivity index is 1.76. The standard InChI is InChI=1S/C17H17NO4S/c19-17(20)15-10-13-6-8-16(15)18(13)23(21,22)14-7-5-11-3-1-2-4-12(11)9-14/h1-5,7,9,13,15-16H,6,8,10H2,(H,19,20). The molecule has 0 aromatic heterocycles. The zero-order valence-electron chi connectivity index (χ0n) is 12.4. The normalized spacial score (nSPS) is 27.6. The van der Waals surface area contributed by atoms with E-state index < -0.39 is 28.0 Å². The van der Waals surface area contributed by atoms with Crippen molar-refractivity contribution >= 4 is 26.8 Å². The molecule has 0 radical (unpaired) electrons. The monoisotopic (exact) mass is 331 g/mol. The maximum absolute atomic E-state index is 13.0. The molecule has 1 N–H and O–H groups in total. The van der Waals surface area contributed by atoms with E-state index in [4.69, 9.17) is 0 Å². The van der Waals surface area contributed by atoms with Crippen molar-refractivity contribution in [2.45, 2.75) is 36.2 Å². The summed E-state index contributed by atoms with van der Waals surface area (Å²) in [5.41, 5.74) is 0. The molecule has 2 fully saturated rings. The third-order valence-electron chi connectivity index (χ3n) is 5.09. The number of hydrogen-bond acceptors (Lipinski definition) is 3. The summed E-state index contributed by atoms with van der Waals surface area (Å²) in [7, 11) is -3.66. The van der Waals surface area contributed by atoms with Crippen LogP contribution in [0, 0.1) is 5.92 Å². The first kappa shape index (κ1) is 14.7. The predicted octanol–water partition coefficient (Wildman–Crippen LogP) is 2.47. The number of carboxylic acids is 1. The summed E-state index contributed by atoms with van der Waals surface area (Å²) in [6, 6.07) is 12.1. The van der Waals surface area contributed by atoms with Crippen LogP contribution in [0.15, 0.2) is 47.4 Å². The zero-order chi connectivity index (χ0) is 16.2.